The number of aromatic nitrogens is 2. The summed E-state index contributed by atoms with van der Waals surface area (Å²) in [4.78, 5) is 25.8. The zero-order valence-electron chi connectivity index (χ0n) is 16.4. The molecule has 1 saturated carbocycles. The van der Waals surface area contributed by atoms with Gasteiger partial charge in [0.15, 0.2) is 0 Å². The van der Waals surface area contributed by atoms with Crippen molar-refractivity contribution in [1.82, 2.24) is 8.94 Å². The number of fused-ring (bicyclic) bond motifs is 2. The van der Waals surface area contributed by atoms with Crippen LogP contribution >= 0.6 is 11.5 Å². The first-order valence-corrected chi connectivity index (χ1v) is 11.0. The highest BCUT2D eigenvalue weighted by Crippen LogP contribution is 2.41. The largest absolute Gasteiger partial charge is 0.328 e. The molecule has 1 aliphatic carbocycles. The van der Waals surface area contributed by atoms with E-state index in [0.717, 1.165) is 29.5 Å². The van der Waals surface area contributed by atoms with E-state index in [1.54, 1.807) is 6.07 Å². The van der Waals surface area contributed by atoms with Crippen LogP contribution in [0.15, 0.2) is 76.3 Å². The molecule has 1 N–H and O–H groups in total. The van der Waals surface area contributed by atoms with Crippen LogP contribution in [0.4, 0.5) is 4.39 Å². The summed E-state index contributed by atoms with van der Waals surface area (Å²) < 4.78 is 19.9. The van der Waals surface area contributed by atoms with Crippen molar-refractivity contribution >= 4 is 32.7 Å². The summed E-state index contributed by atoms with van der Waals surface area (Å²) in [5.41, 5.74) is 3.22. The molecule has 3 aromatic carbocycles. The molecule has 0 amide bonds. The van der Waals surface area contributed by atoms with E-state index in [4.69, 9.17) is 0 Å². The molecule has 6 rings (SSSR count). The van der Waals surface area contributed by atoms with Gasteiger partial charge in [-0.15, -0.1) is 0 Å². The van der Waals surface area contributed by atoms with Gasteiger partial charge in [0, 0.05) is 17.0 Å². The molecule has 152 valence electrons. The first kappa shape index (κ1) is 18.3. The van der Waals surface area contributed by atoms with E-state index in [1.807, 2.05) is 59.2 Å². The highest BCUT2D eigenvalue weighted by Gasteiger charge is 2.29. The zero-order chi connectivity index (χ0) is 21.1. The zero-order valence-corrected chi connectivity index (χ0v) is 17.2. The van der Waals surface area contributed by atoms with Crippen molar-refractivity contribution in [3.8, 4) is 22.3 Å². The molecule has 5 aromatic rings. The minimum atomic E-state index is -0.467. The minimum absolute atomic E-state index is 0.128. The van der Waals surface area contributed by atoms with E-state index in [1.165, 1.54) is 17.6 Å². The van der Waals surface area contributed by atoms with Crippen LogP contribution in [-0.4, -0.2) is 8.94 Å². The Morgan fingerprint density at radius 3 is 2.29 bits per heavy atom. The number of hydrogen-bond donors (Lipinski definition) is 1. The lowest BCUT2D eigenvalue weighted by Crippen LogP contribution is -2.15. The average molecular weight is 428 g/mol. The van der Waals surface area contributed by atoms with Gasteiger partial charge in [-0.05, 0) is 53.2 Å². The van der Waals surface area contributed by atoms with Crippen LogP contribution in [0.2, 0.25) is 0 Å². The molecule has 0 atom stereocenters. The van der Waals surface area contributed by atoms with Crippen molar-refractivity contribution in [3.05, 3.63) is 93.1 Å². The molecule has 0 spiro atoms. The second-order valence-electron chi connectivity index (χ2n) is 7.94. The van der Waals surface area contributed by atoms with Gasteiger partial charge in [0.1, 0.15) is 16.0 Å². The fourth-order valence-electron chi connectivity index (χ4n) is 4.24. The number of benzene rings is 3. The molecular formula is C25H17FN2O2S. The van der Waals surface area contributed by atoms with E-state index < -0.39 is 16.8 Å². The van der Waals surface area contributed by atoms with Gasteiger partial charge in [0.25, 0.3) is 5.56 Å². The van der Waals surface area contributed by atoms with Crippen LogP contribution in [0, 0.1) is 5.82 Å². The van der Waals surface area contributed by atoms with E-state index in [9.17, 15) is 9.59 Å². The molecule has 0 bridgehead atoms. The van der Waals surface area contributed by atoms with Crippen molar-refractivity contribution in [2.75, 3.05) is 0 Å². The Morgan fingerprint density at radius 1 is 0.903 bits per heavy atom. The lowest BCUT2D eigenvalue weighted by atomic mass is 9.98. The molecule has 1 fully saturated rings. The fraction of sp³-hybridized carbons (Fsp3) is 0.120. The van der Waals surface area contributed by atoms with Crippen molar-refractivity contribution in [1.29, 1.82) is 0 Å². The summed E-state index contributed by atoms with van der Waals surface area (Å²) in [7, 11) is 0. The minimum Gasteiger partial charge on any atom is -0.328 e. The number of aromatic amines is 1. The Labute approximate surface area is 180 Å². The predicted molar refractivity (Wildman–Crippen MR) is 123 cm³/mol. The molecular weight excluding hydrogens is 411 g/mol. The molecule has 6 heteroatoms. The predicted octanol–water partition coefficient (Wildman–Crippen LogP) is 5.71. The van der Waals surface area contributed by atoms with Gasteiger partial charge in [-0.3, -0.25) is 14.0 Å². The molecule has 31 heavy (non-hydrogen) atoms. The SMILES string of the molecule is O=c1[nH]sc2c1c(=O)c1cc(F)c(-c3ccc(-c4ccccc4)cc3)cc1n2C1CC1. The van der Waals surface area contributed by atoms with E-state index >= 15 is 4.39 Å². The molecule has 0 saturated heterocycles. The maximum absolute atomic E-state index is 15.2. The van der Waals surface area contributed by atoms with Crippen molar-refractivity contribution in [3.63, 3.8) is 0 Å². The molecule has 2 aromatic heterocycles. The van der Waals surface area contributed by atoms with Crippen LogP contribution in [0.25, 0.3) is 43.4 Å². The smallest absolute Gasteiger partial charge is 0.271 e. The second kappa shape index (κ2) is 6.75. The Kier molecular flexibility index (Phi) is 3.98. The Morgan fingerprint density at radius 2 is 1.58 bits per heavy atom. The van der Waals surface area contributed by atoms with Crippen LogP contribution in [0.5, 0.6) is 0 Å². The van der Waals surface area contributed by atoms with Gasteiger partial charge in [-0.1, -0.05) is 54.6 Å². The number of H-pyrrole nitrogens is 1. The number of halogens is 1. The van der Waals surface area contributed by atoms with Crippen molar-refractivity contribution in [2.24, 2.45) is 0 Å². The van der Waals surface area contributed by atoms with E-state index in [2.05, 4.69) is 4.37 Å². The van der Waals surface area contributed by atoms with Crippen LogP contribution in [0.1, 0.15) is 18.9 Å². The molecule has 2 heterocycles. The number of nitrogens with zero attached hydrogens (tertiary/aromatic N) is 1. The highest BCUT2D eigenvalue weighted by atomic mass is 32.1. The maximum Gasteiger partial charge on any atom is 0.271 e. The summed E-state index contributed by atoms with van der Waals surface area (Å²) in [6, 6.07) is 21.0. The highest BCUT2D eigenvalue weighted by molar-refractivity contribution is 7.12. The van der Waals surface area contributed by atoms with Gasteiger partial charge in [0.05, 0.1) is 5.52 Å². The lowest BCUT2D eigenvalue weighted by Gasteiger charge is -2.14. The second-order valence-corrected chi connectivity index (χ2v) is 8.73. The standard InChI is InChI=1S/C25H17FN2O2S/c26-20-12-19-21(28(17-10-11-17)25-22(23(19)29)24(30)27-31-25)13-18(20)16-8-6-15(7-9-16)14-4-2-1-3-5-14/h1-9,12-13,17H,10-11H2,(H,27,30). The summed E-state index contributed by atoms with van der Waals surface area (Å²) in [5, 5.41) is 0.384. The summed E-state index contributed by atoms with van der Waals surface area (Å²) >= 11 is 1.18. The van der Waals surface area contributed by atoms with Gasteiger partial charge < -0.3 is 4.57 Å². The molecule has 0 unspecified atom stereocenters. The quantitative estimate of drug-likeness (QED) is 0.400. The molecule has 0 radical (unpaired) electrons. The third-order valence-electron chi connectivity index (χ3n) is 5.93. The average Bonchev–Trinajstić information content (AvgIpc) is 3.56. The summed E-state index contributed by atoms with van der Waals surface area (Å²) in [5.74, 6) is -0.467. The van der Waals surface area contributed by atoms with Crippen LogP contribution in [0.3, 0.4) is 0 Å². The lowest BCUT2D eigenvalue weighted by molar-refractivity contribution is 0.632. The van der Waals surface area contributed by atoms with Gasteiger partial charge in [-0.25, -0.2) is 4.39 Å². The van der Waals surface area contributed by atoms with E-state index in [0.29, 0.717) is 15.9 Å². The maximum atomic E-state index is 15.2. The third-order valence-corrected chi connectivity index (χ3v) is 6.81. The summed E-state index contributed by atoms with van der Waals surface area (Å²) in [6.07, 6.45) is 1.97. The van der Waals surface area contributed by atoms with Gasteiger partial charge in [0.2, 0.25) is 5.43 Å². The Bertz CT molecular complexity index is 1580. The normalized spacial score (nSPS) is 13.8. The molecule has 4 nitrogen and oxygen atoms in total. The summed E-state index contributed by atoms with van der Waals surface area (Å²) in [6.45, 7) is 0. The Balaban J connectivity index is 1.57. The fourth-order valence-corrected chi connectivity index (χ4v) is 5.16. The number of nitrogens with one attached hydrogen (secondary N) is 1. The first-order valence-electron chi connectivity index (χ1n) is 10.2. The van der Waals surface area contributed by atoms with E-state index in [-0.39, 0.29) is 16.8 Å². The molecule has 0 aliphatic heterocycles. The third kappa shape index (κ3) is 2.86. The Hall–Kier alpha value is -3.51. The molecule has 1 aliphatic rings. The van der Waals surface area contributed by atoms with Crippen LogP contribution in [-0.2, 0) is 0 Å². The first-order chi connectivity index (χ1) is 15.1. The van der Waals surface area contributed by atoms with Crippen molar-refractivity contribution < 1.29 is 4.39 Å². The van der Waals surface area contributed by atoms with Crippen LogP contribution < -0.4 is 11.0 Å². The van der Waals surface area contributed by atoms with Crippen molar-refractivity contribution in [2.45, 2.75) is 18.9 Å². The van der Waals surface area contributed by atoms with Gasteiger partial charge >= 0.3 is 0 Å². The topological polar surface area (TPSA) is 54.9 Å². The number of hydrogen-bond acceptors (Lipinski definition) is 3. The monoisotopic (exact) mass is 428 g/mol. The van der Waals surface area contributed by atoms with Gasteiger partial charge in [-0.2, -0.15) is 0 Å². The number of pyridine rings is 1. The number of rotatable bonds is 3.